The average Bonchev–Trinajstić information content (AvgIpc) is 3.13. The van der Waals surface area contributed by atoms with Gasteiger partial charge in [-0.2, -0.15) is 0 Å². The number of hydrogen-bond acceptors (Lipinski definition) is 6. The monoisotopic (exact) mass is 479 g/mol. The standard InChI is InChI=1S/C24H32F3N5O2/c1-4-5-16-13-31(15(2)3)10-9-21(16)32-11-8-20(23(32)33)30-22-18-12-17(34-24(25,26)27)6-7-19(18)28-14-29-22/h6-7,12,14-16,20-21H,4-5,8-11,13H2,1-3H3,(H,28,29,30)/t16-,20?,21+/m1/s1. The molecule has 10 heteroatoms. The lowest BCUT2D eigenvalue weighted by atomic mass is 9.86. The minimum absolute atomic E-state index is 0.0264. The van der Waals surface area contributed by atoms with Gasteiger partial charge in [-0.05, 0) is 57.2 Å². The minimum atomic E-state index is -4.79. The number of aromatic nitrogens is 2. The number of amides is 1. The molecule has 186 valence electrons. The van der Waals surface area contributed by atoms with E-state index in [2.05, 4.69) is 45.7 Å². The molecule has 2 saturated heterocycles. The van der Waals surface area contributed by atoms with Gasteiger partial charge < -0.3 is 19.9 Å². The predicted molar refractivity (Wildman–Crippen MR) is 123 cm³/mol. The number of alkyl halides is 3. The van der Waals surface area contributed by atoms with Crippen molar-refractivity contribution in [3.8, 4) is 5.75 Å². The number of anilines is 1. The number of halogens is 3. The molecule has 2 aliphatic heterocycles. The van der Waals surface area contributed by atoms with E-state index in [9.17, 15) is 18.0 Å². The van der Waals surface area contributed by atoms with Gasteiger partial charge in [-0.3, -0.25) is 4.79 Å². The molecule has 1 aromatic carbocycles. The van der Waals surface area contributed by atoms with Crippen molar-refractivity contribution in [3.05, 3.63) is 24.5 Å². The summed E-state index contributed by atoms with van der Waals surface area (Å²) >= 11 is 0. The zero-order valence-electron chi connectivity index (χ0n) is 19.8. The highest BCUT2D eigenvalue weighted by Gasteiger charge is 2.41. The number of carbonyl (C=O) groups is 1. The summed E-state index contributed by atoms with van der Waals surface area (Å²) in [6.45, 7) is 9.23. The fraction of sp³-hybridized carbons (Fsp3) is 0.625. The summed E-state index contributed by atoms with van der Waals surface area (Å²) in [6.07, 6.45) is 0.270. The molecule has 2 aromatic rings. The number of hydrogen-bond donors (Lipinski definition) is 1. The molecule has 7 nitrogen and oxygen atoms in total. The first-order valence-corrected chi connectivity index (χ1v) is 12.0. The van der Waals surface area contributed by atoms with Crippen LogP contribution in [0.2, 0.25) is 0 Å². The van der Waals surface area contributed by atoms with Crippen molar-refractivity contribution in [2.24, 2.45) is 5.92 Å². The molecule has 2 fully saturated rings. The number of fused-ring (bicyclic) bond motifs is 1. The Kier molecular flexibility index (Phi) is 7.16. The van der Waals surface area contributed by atoms with Crippen molar-refractivity contribution < 1.29 is 22.7 Å². The number of likely N-dealkylation sites (tertiary alicyclic amines) is 2. The quantitative estimate of drug-likeness (QED) is 0.633. The molecule has 0 aliphatic carbocycles. The third-order valence-corrected chi connectivity index (χ3v) is 6.91. The average molecular weight is 480 g/mol. The molecule has 1 N–H and O–H groups in total. The van der Waals surface area contributed by atoms with Crippen LogP contribution in [0.5, 0.6) is 5.75 Å². The van der Waals surface area contributed by atoms with Crippen LogP contribution in [0, 0.1) is 5.92 Å². The van der Waals surface area contributed by atoms with Crippen LogP contribution in [-0.4, -0.2) is 69.8 Å². The van der Waals surface area contributed by atoms with Gasteiger partial charge in [0.25, 0.3) is 0 Å². The van der Waals surface area contributed by atoms with E-state index in [-0.39, 0.29) is 17.7 Å². The molecule has 3 heterocycles. The van der Waals surface area contributed by atoms with E-state index < -0.39 is 12.4 Å². The molecule has 0 bridgehead atoms. The van der Waals surface area contributed by atoms with Crippen LogP contribution in [0.3, 0.4) is 0 Å². The molecule has 0 spiro atoms. The number of benzene rings is 1. The number of carbonyl (C=O) groups excluding carboxylic acids is 1. The first-order chi connectivity index (χ1) is 16.2. The SMILES string of the molecule is CCC[C@@H]1CN(C(C)C)CC[C@@H]1N1CCC(Nc2ncnc3ccc(OC(F)(F)F)cc23)C1=O. The Morgan fingerprint density at radius 3 is 2.71 bits per heavy atom. The molecule has 2 aliphatic rings. The first kappa shape index (κ1) is 24.5. The van der Waals surface area contributed by atoms with E-state index in [1.165, 1.54) is 24.5 Å². The van der Waals surface area contributed by atoms with E-state index in [4.69, 9.17) is 0 Å². The van der Waals surface area contributed by atoms with E-state index in [1.54, 1.807) is 0 Å². The van der Waals surface area contributed by atoms with Crippen molar-refractivity contribution in [2.75, 3.05) is 25.0 Å². The second kappa shape index (κ2) is 9.93. The van der Waals surface area contributed by atoms with Crippen LogP contribution in [-0.2, 0) is 4.79 Å². The number of rotatable bonds is 7. The summed E-state index contributed by atoms with van der Waals surface area (Å²) in [6, 6.07) is 4.14. The van der Waals surface area contributed by atoms with Crippen LogP contribution in [0.15, 0.2) is 24.5 Å². The Labute approximate surface area is 197 Å². The zero-order chi connectivity index (χ0) is 24.5. The molecular weight excluding hydrogens is 447 g/mol. The lowest BCUT2D eigenvalue weighted by Gasteiger charge is -2.44. The minimum Gasteiger partial charge on any atom is -0.406 e. The topological polar surface area (TPSA) is 70.6 Å². The molecular formula is C24H32F3N5O2. The maximum absolute atomic E-state index is 13.4. The van der Waals surface area contributed by atoms with Crippen LogP contribution in [0.4, 0.5) is 19.0 Å². The number of nitrogens with one attached hydrogen (secondary N) is 1. The normalized spacial score (nSPS) is 24.3. The third kappa shape index (κ3) is 5.37. The maximum atomic E-state index is 13.4. The summed E-state index contributed by atoms with van der Waals surface area (Å²) in [5.41, 5.74) is 0.471. The second-order valence-electron chi connectivity index (χ2n) is 9.46. The van der Waals surface area contributed by atoms with E-state index >= 15 is 0 Å². The van der Waals surface area contributed by atoms with Crippen LogP contribution < -0.4 is 10.1 Å². The highest BCUT2D eigenvalue weighted by Crippen LogP contribution is 2.33. The Bertz CT molecular complexity index is 1020. The van der Waals surface area contributed by atoms with Crippen LogP contribution in [0.1, 0.15) is 46.5 Å². The first-order valence-electron chi connectivity index (χ1n) is 12.0. The third-order valence-electron chi connectivity index (χ3n) is 6.91. The summed E-state index contributed by atoms with van der Waals surface area (Å²) in [4.78, 5) is 26.2. The number of ether oxygens (including phenoxy) is 1. The van der Waals surface area contributed by atoms with E-state index in [1.807, 2.05) is 4.90 Å². The fourth-order valence-corrected chi connectivity index (χ4v) is 5.26. The van der Waals surface area contributed by atoms with Crippen LogP contribution in [0.25, 0.3) is 10.9 Å². The molecule has 34 heavy (non-hydrogen) atoms. The Morgan fingerprint density at radius 1 is 1.21 bits per heavy atom. The molecule has 0 radical (unpaired) electrons. The van der Waals surface area contributed by atoms with Crippen molar-refractivity contribution in [3.63, 3.8) is 0 Å². The van der Waals surface area contributed by atoms with E-state index in [0.717, 1.165) is 32.4 Å². The molecule has 1 aromatic heterocycles. The van der Waals surface area contributed by atoms with Crippen molar-refractivity contribution in [1.82, 2.24) is 19.8 Å². The highest BCUT2D eigenvalue weighted by atomic mass is 19.4. The molecule has 1 unspecified atom stereocenters. The summed E-state index contributed by atoms with van der Waals surface area (Å²) < 4.78 is 42.1. The van der Waals surface area contributed by atoms with Crippen molar-refractivity contribution in [1.29, 1.82) is 0 Å². The van der Waals surface area contributed by atoms with Crippen LogP contribution >= 0.6 is 0 Å². The Hall–Kier alpha value is -2.62. The fourth-order valence-electron chi connectivity index (χ4n) is 5.26. The van der Waals surface area contributed by atoms with Gasteiger partial charge >= 0.3 is 6.36 Å². The van der Waals surface area contributed by atoms with Gasteiger partial charge in [0.1, 0.15) is 23.9 Å². The molecule has 3 atom stereocenters. The van der Waals surface area contributed by atoms with E-state index in [0.29, 0.717) is 41.6 Å². The summed E-state index contributed by atoms with van der Waals surface area (Å²) in [5.74, 6) is 0.443. The second-order valence-corrected chi connectivity index (χ2v) is 9.46. The number of nitrogens with zero attached hydrogens (tertiary/aromatic N) is 4. The van der Waals surface area contributed by atoms with Gasteiger partial charge in [-0.25, -0.2) is 9.97 Å². The van der Waals surface area contributed by atoms with Crippen molar-refractivity contribution in [2.45, 2.75) is 70.9 Å². The predicted octanol–water partition coefficient (Wildman–Crippen LogP) is 4.44. The largest absolute Gasteiger partial charge is 0.573 e. The number of piperidine rings is 1. The Morgan fingerprint density at radius 2 is 2.00 bits per heavy atom. The smallest absolute Gasteiger partial charge is 0.406 e. The summed E-state index contributed by atoms with van der Waals surface area (Å²) in [5, 5.41) is 3.56. The molecule has 0 saturated carbocycles. The van der Waals surface area contributed by atoms with Gasteiger partial charge in [0.05, 0.1) is 5.52 Å². The van der Waals surface area contributed by atoms with Gasteiger partial charge in [-0.15, -0.1) is 13.2 Å². The van der Waals surface area contributed by atoms with Gasteiger partial charge in [0, 0.05) is 37.1 Å². The molecule has 1 amide bonds. The zero-order valence-corrected chi connectivity index (χ0v) is 19.8. The van der Waals surface area contributed by atoms with Gasteiger partial charge in [-0.1, -0.05) is 13.3 Å². The van der Waals surface area contributed by atoms with Crippen molar-refractivity contribution >= 4 is 22.6 Å². The Balaban J connectivity index is 1.50. The highest BCUT2D eigenvalue weighted by molar-refractivity contribution is 5.93. The molecule has 4 rings (SSSR count). The summed E-state index contributed by atoms with van der Waals surface area (Å²) in [7, 11) is 0. The lowest BCUT2D eigenvalue weighted by molar-refractivity contribution is -0.274. The van der Waals surface area contributed by atoms with Gasteiger partial charge in [0.15, 0.2) is 0 Å². The maximum Gasteiger partial charge on any atom is 0.573 e. The van der Waals surface area contributed by atoms with Gasteiger partial charge in [0.2, 0.25) is 5.91 Å². The lowest BCUT2D eigenvalue weighted by Crippen LogP contribution is -2.53.